The molecule has 108 valence electrons. The third-order valence-corrected chi connectivity index (χ3v) is 2.71. The van der Waals surface area contributed by atoms with Crippen molar-refractivity contribution in [3.63, 3.8) is 0 Å². The molecule has 0 radical (unpaired) electrons. The topological polar surface area (TPSA) is 70.2 Å². The Morgan fingerprint density at radius 1 is 1.20 bits per heavy atom. The maximum absolute atomic E-state index is 11.6. The van der Waals surface area contributed by atoms with E-state index < -0.39 is 0 Å². The molecule has 1 rings (SSSR count). The van der Waals surface area contributed by atoms with Crippen LogP contribution in [0.4, 0.5) is 5.69 Å². The van der Waals surface area contributed by atoms with Crippen molar-refractivity contribution in [3.05, 3.63) is 29.8 Å². The summed E-state index contributed by atoms with van der Waals surface area (Å²) in [6.45, 7) is 6.03. The number of thiocarbonyl (C=S) groups is 1. The highest BCUT2D eigenvalue weighted by Crippen LogP contribution is 2.09. The van der Waals surface area contributed by atoms with Gasteiger partial charge in [0.1, 0.15) is 0 Å². The predicted molar refractivity (Wildman–Crippen MR) is 83.7 cm³/mol. The zero-order valence-corrected chi connectivity index (χ0v) is 12.6. The molecule has 0 bridgehead atoms. The minimum Gasteiger partial charge on any atom is -0.352 e. The van der Waals surface area contributed by atoms with Gasteiger partial charge in [-0.2, -0.15) is 0 Å². The normalized spacial score (nSPS) is 10.0. The smallest absolute Gasteiger partial charge is 0.251 e. The molecule has 20 heavy (non-hydrogen) atoms. The number of nitrogens with one attached hydrogen (secondary N) is 3. The largest absolute Gasteiger partial charge is 0.352 e. The maximum Gasteiger partial charge on any atom is 0.251 e. The molecule has 0 saturated carbocycles. The summed E-state index contributed by atoms with van der Waals surface area (Å²) in [6, 6.07) is 6.86. The third-order valence-electron chi connectivity index (χ3n) is 2.50. The standard InChI is InChI=1S/C14H19N3O2S/c1-4-15-13(19)10-5-7-11(8-6-10)16-14(20)17-12(18)9(2)3/h5-9H,4H2,1-3H3,(H,15,19)(H2,16,17,18,20). The molecule has 0 aromatic heterocycles. The van der Waals surface area contributed by atoms with Crippen LogP contribution in [0.5, 0.6) is 0 Å². The van der Waals surface area contributed by atoms with Gasteiger partial charge in [-0.05, 0) is 43.4 Å². The first-order valence-corrected chi connectivity index (χ1v) is 6.85. The highest BCUT2D eigenvalue weighted by Gasteiger charge is 2.09. The lowest BCUT2D eigenvalue weighted by atomic mass is 10.2. The summed E-state index contributed by atoms with van der Waals surface area (Å²) in [6.07, 6.45) is 0. The fourth-order valence-electron chi connectivity index (χ4n) is 1.39. The highest BCUT2D eigenvalue weighted by molar-refractivity contribution is 7.80. The molecule has 0 unspecified atom stereocenters. The molecule has 5 nitrogen and oxygen atoms in total. The van der Waals surface area contributed by atoms with Crippen molar-refractivity contribution in [1.29, 1.82) is 0 Å². The van der Waals surface area contributed by atoms with Crippen LogP contribution in [0.15, 0.2) is 24.3 Å². The Morgan fingerprint density at radius 3 is 2.30 bits per heavy atom. The monoisotopic (exact) mass is 293 g/mol. The molecule has 3 N–H and O–H groups in total. The molecular formula is C14H19N3O2S. The Bertz CT molecular complexity index is 498. The number of carbonyl (C=O) groups excluding carboxylic acids is 2. The predicted octanol–water partition coefficient (Wildman–Crippen LogP) is 1.91. The van der Waals surface area contributed by atoms with E-state index in [1.165, 1.54) is 0 Å². The summed E-state index contributed by atoms with van der Waals surface area (Å²) in [5, 5.41) is 8.44. The minimum absolute atomic E-state index is 0.116. The lowest BCUT2D eigenvalue weighted by Gasteiger charge is -2.11. The second-order valence-electron chi connectivity index (χ2n) is 4.53. The Labute approximate surface area is 124 Å². The van der Waals surface area contributed by atoms with E-state index in [1.54, 1.807) is 38.1 Å². The fourth-order valence-corrected chi connectivity index (χ4v) is 1.60. The number of rotatable bonds is 4. The van der Waals surface area contributed by atoms with Crippen molar-refractivity contribution in [2.75, 3.05) is 11.9 Å². The van der Waals surface area contributed by atoms with Crippen LogP contribution in [0.25, 0.3) is 0 Å². The molecule has 0 spiro atoms. The van der Waals surface area contributed by atoms with E-state index >= 15 is 0 Å². The zero-order chi connectivity index (χ0) is 15.1. The Hall–Kier alpha value is -1.95. The first-order chi connectivity index (χ1) is 9.43. The van der Waals surface area contributed by atoms with Gasteiger partial charge in [-0.3, -0.25) is 9.59 Å². The van der Waals surface area contributed by atoms with Gasteiger partial charge in [-0.1, -0.05) is 13.8 Å². The second kappa shape index (κ2) is 7.59. The van der Waals surface area contributed by atoms with Crippen LogP contribution in [0.1, 0.15) is 31.1 Å². The number of carbonyl (C=O) groups is 2. The molecule has 2 amide bonds. The number of anilines is 1. The van der Waals surface area contributed by atoms with E-state index in [0.717, 1.165) is 0 Å². The SMILES string of the molecule is CCNC(=O)c1ccc(NC(=S)NC(=O)C(C)C)cc1. The van der Waals surface area contributed by atoms with E-state index in [0.29, 0.717) is 17.8 Å². The van der Waals surface area contributed by atoms with Crippen LogP contribution in [0.3, 0.4) is 0 Å². The Morgan fingerprint density at radius 2 is 1.80 bits per heavy atom. The van der Waals surface area contributed by atoms with E-state index in [2.05, 4.69) is 16.0 Å². The summed E-state index contributed by atoms with van der Waals surface area (Å²) in [5.41, 5.74) is 1.29. The van der Waals surface area contributed by atoms with Gasteiger partial charge in [-0.15, -0.1) is 0 Å². The number of benzene rings is 1. The average molecular weight is 293 g/mol. The quantitative estimate of drug-likeness (QED) is 0.742. The van der Waals surface area contributed by atoms with E-state index in [-0.39, 0.29) is 22.8 Å². The number of hydrogen-bond acceptors (Lipinski definition) is 3. The van der Waals surface area contributed by atoms with Crippen molar-refractivity contribution in [3.8, 4) is 0 Å². The van der Waals surface area contributed by atoms with E-state index in [9.17, 15) is 9.59 Å². The summed E-state index contributed by atoms with van der Waals surface area (Å²) in [5.74, 6) is -0.383. The first-order valence-electron chi connectivity index (χ1n) is 6.44. The van der Waals surface area contributed by atoms with Gasteiger partial charge in [0.15, 0.2) is 5.11 Å². The van der Waals surface area contributed by atoms with Crippen LogP contribution in [0.2, 0.25) is 0 Å². The molecule has 0 saturated heterocycles. The maximum atomic E-state index is 11.6. The molecule has 0 aliphatic carbocycles. The van der Waals surface area contributed by atoms with E-state index in [1.807, 2.05) is 6.92 Å². The van der Waals surface area contributed by atoms with Gasteiger partial charge in [0.05, 0.1) is 0 Å². The molecule has 0 atom stereocenters. The van der Waals surface area contributed by atoms with Crippen molar-refractivity contribution in [2.45, 2.75) is 20.8 Å². The van der Waals surface area contributed by atoms with Crippen LogP contribution >= 0.6 is 12.2 Å². The molecule has 0 aliphatic heterocycles. The molecule has 6 heteroatoms. The molecule has 1 aromatic rings. The molecule has 0 aliphatic rings. The molecule has 0 heterocycles. The summed E-state index contributed by atoms with van der Waals surface area (Å²) >= 11 is 5.04. The second-order valence-corrected chi connectivity index (χ2v) is 4.94. The minimum atomic E-state index is -0.138. The van der Waals surface area contributed by atoms with E-state index in [4.69, 9.17) is 12.2 Å². The van der Waals surface area contributed by atoms with Gasteiger partial charge in [-0.25, -0.2) is 0 Å². The Kier molecular flexibility index (Phi) is 6.11. The molecule has 1 aromatic carbocycles. The lowest BCUT2D eigenvalue weighted by molar-refractivity contribution is -0.122. The van der Waals surface area contributed by atoms with Crippen LogP contribution < -0.4 is 16.0 Å². The summed E-state index contributed by atoms with van der Waals surface area (Å²) in [4.78, 5) is 23.1. The molecular weight excluding hydrogens is 274 g/mol. The van der Waals surface area contributed by atoms with Gasteiger partial charge in [0.2, 0.25) is 5.91 Å². The zero-order valence-electron chi connectivity index (χ0n) is 11.8. The Balaban J connectivity index is 2.59. The lowest BCUT2D eigenvalue weighted by Crippen LogP contribution is -2.36. The van der Waals surface area contributed by atoms with Gasteiger partial charge < -0.3 is 16.0 Å². The van der Waals surface area contributed by atoms with Crippen LogP contribution in [-0.2, 0) is 4.79 Å². The summed E-state index contributed by atoms with van der Waals surface area (Å²) in [7, 11) is 0. The number of amides is 2. The van der Waals surface area contributed by atoms with Gasteiger partial charge in [0, 0.05) is 23.7 Å². The first kappa shape index (κ1) is 16.1. The van der Waals surface area contributed by atoms with Crippen LogP contribution in [-0.4, -0.2) is 23.5 Å². The van der Waals surface area contributed by atoms with Crippen molar-refractivity contribution in [1.82, 2.24) is 10.6 Å². The fraction of sp³-hybridized carbons (Fsp3) is 0.357. The van der Waals surface area contributed by atoms with Gasteiger partial charge >= 0.3 is 0 Å². The average Bonchev–Trinajstić information content (AvgIpc) is 2.39. The van der Waals surface area contributed by atoms with Gasteiger partial charge in [0.25, 0.3) is 5.91 Å². The number of hydrogen-bond donors (Lipinski definition) is 3. The van der Waals surface area contributed by atoms with Crippen LogP contribution in [0, 0.1) is 5.92 Å². The van der Waals surface area contributed by atoms with Crippen molar-refractivity contribution >= 4 is 34.8 Å². The van der Waals surface area contributed by atoms with Crippen molar-refractivity contribution < 1.29 is 9.59 Å². The van der Waals surface area contributed by atoms with Crippen molar-refractivity contribution in [2.24, 2.45) is 5.92 Å². The third kappa shape index (κ3) is 4.97. The highest BCUT2D eigenvalue weighted by atomic mass is 32.1. The summed E-state index contributed by atoms with van der Waals surface area (Å²) < 4.78 is 0. The molecule has 0 fully saturated rings.